The molecule has 0 saturated carbocycles. The number of rotatable bonds is 24. The Kier molecular flexibility index (Phi) is 44.2. The third-order valence-electron chi connectivity index (χ3n) is 18.7. The Labute approximate surface area is 804 Å². The van der Waals surface area contributed by atoms with Crippen LogP contribution in [0.15, 0.2) is 153 Å². The molecule has 0 N–H and O–H groups in total. The number of alkyl halides is 6. The molecule has 0 saturated heterocycles. The number of ether oxygens (including phenoxy) is 4. The maximum Gasteiger partial charge on any atom is 1.00 e. The van der Waals surface area contributed by atoms with Crippen molar-refractivity contribution in [3.05, 3.63) is 175 Å². The zero-order chi connectivity index (χ0) is 83.7. The maximum atomic E-state index is 13.0. The minimum absolute atomic E-state index is 0. The molecule has 0 aromatic heterocycles. The number of allylic oxidation sites excluding steroid dienone is 12. The second-order valence-electron chi connectivity index (χ2n) is 33.1. The van der Waals surface area contributed by atoms with Gasteiger partial charge in [0, 0.05) is 79.1 Å². The van der Waals surface area contributed by atoms with Crippen molar-refractivity contribution in [1.82, 2.24) is 0 Å². The summed E-state index contributed by atoms with van der Waals surface area (Å²) in [6.45, 7) is 58.3. The first-order chi connectivity index (χ1) is 50.3. The van der Waals surface area contributed by atoms with Gasteiger partial charge in [-0.25, -0.2) is 0 Å². The van der Waals surface area contributed by atoms with Gasteiger partial charge in [0.05, 0.1) is 28.4 Å². The third-order valence-corrected chi connectivity index (χ3v) is 24.9. The number of benzene rings is 4. The molecule has 0 fully saturated rings. The van der Waals surface area contributed by atoms with Crippen LogP contribution in [0.5, 0.6) is 57.5 Å². The van der Waals surface area contributed by atoms with E-state index in [0.717, 1.165) is 118 Å². The molecule has 0 bridgehead atoms. The van der Waals surface area contributed by atoms with E-state index in [2.05, 4.69) is 170 Å². The third kappa shape index (κ3) is 32.2. The first-order valence-corrected chi connectivity index (χ1v) is 54.7. The molecule has 32 heteroatoms. The van der Waals surface area contributed by atoms with Gasteiger partial charge < -0.3 is 79.0 Å². The van der Waals surface area contributed by atoms with Crippen LogP contribution in [-0.4, -0.2) is 89.6 Å². The quantitative estimate of drug-likeness (QED) is 0.0214. The Bertz CT molecular complexity index is 4270. The first kappa shape index (κ1) is 110. The van der Waals surface area contributed by atoms with E-state index in [0.29, 0.717) is 23.0 Å². The van der Waals surface area contributed by atoms with Crippen molar-refractivity contribution in [2.45, 2.75) is 220 Å². The van der Waals surface area contributed by atoms with Crippen molar-refractivity contribution >= 4 is 85.4 Å². The Morgan fingerprint density at radius 3 is 0.728 bits per heavy atom. The van der Waals surface area contributed by atoms with Crippen LogP contribution < -0.4 is 182 Å². The predicted octanol–water partition coefficient (Wildman–Crippen LogP) is 13.7. The standard InChI is InChI=1S/C23H35F3O5SSi2.C22H35BrO2Si2.C19H23F3O5S.C18H23BrO2.2BrH.2K/c1-15(2)18-11-10-16(3)12-19(18)22-20(30-33(4,5)6)13-17(14-21(22)31-34(7,8)9)29-32(27,28)23(24,25)26;1-15(2)18-11-10-16(3)12-19(18)22-20(24-26(4,5)6)13-17(23)14-21(22)25-27(7,8)9;1-11(2)14-7-6-12(3)8-15(14)18-16(25-4)9-13(10-17(18)26-5)27-28(23,24)19(20,21)22;1-11(2)14-7-6-12(3)8-15(14)18-16(20-4)9-13(19)10-17(18)21-5;;;;/h12-14,18-19H,1,10-11H2,2-9H3;12-14,18-19H,1,10-11H2,2-9H3;8-10,14-15H,1,6-7H2,2-5H3;8-10,14-15H,1,6-7H2,2-5H3;2*1H;;/q;;;;;;2*+1/p-2. The summed E-state index contributed by atoms with van der Waals surface area (Å²) < 4.78 is 182. The van der Waals surface area contributed by atoms with Crippen LogP contribution in [0.3, 0.4) is 0 Å². The minimum Gasteiger partial charge on any atom is -1.00 e. The predicted molar refractivity (Wildman–Crippen MR) is 451 cm³/mol. The van der Waals surface area contributed by atoms with E-state index >= 15 is 0 Å². The molecular formula is C82H116Br4F6K2O14S2Si4. The zero-order valence-electron chi connectivity index (χ0n) is 71.3. The molecule has 4 aromatic rings. The molecule has 4 aromatic carbocycles. The van der Waals surface area contributed by atoms with Gasteiger partial charge in [-0.05, 0) is 233 Å². The normalized spacial score (nSPS) is 19.9. The van der Waals surface area contributed by atoms with E-state index in [4.69, 9.17) is 36.7 Å². The van der Waals surface area contributed by atoms with Gasteiger partial charge in [0.25, 0.3) is 0 Å². The Morgan fingerprint density at radius 1 is 0.368 bits per heavy atom. The second kappa shape index (κ2) is 45.6. The van der Waals surface area contributed by atoms with E-state index < -0.39 is 76.0 Å². The largest absolute Gasteiger partial charge is 1.00 e. The minimum atomic E-state index is -5.86. The number of hydrogen-bond donors (Lipinski definition) is 0. The first-order valence-electron chi connectivity index (χ1n) is 36.6. The van der Waals surface area contributed by atoms with Gasteiger partial charge in [-0.3, -0.25) is 0 Å². The Hall–Kier alpha value is -1.66. The van der Waals surface area contributed by atoms with Gasteiger partial charge >= 0.3 is 134 Å². The van der Waals surface area contributed by atoms with Gasteiger partial charge in [0.1, 0.15) is 57.5 Å². The van der Waals surface area contributed by atoms with E-state index in [-0.39, 0.29) is 195 Å². The van der Waals surface area contributed by atoms with Crippen LogP contribution in [0.2, 0.25) is 78.6 Å². The molecule has 4 aliphatic rings. The van der Waals surface area contributed by atoms with Gasteiger partial charge in [0.2, 0.25) is 33.3 Å². The van der Waals surface area contributed by atoms with E-state index in [1.807, 2.05) is 79.1 Å². The molecule has 8 atom stereocenters. The fourth-order valence-corrected chi connectivity index (χ4v) is 19.0. The molecule has 0 radical (unpaired) electrons. The Balaban J connectivity index is 0.000000760. The number of hydrogen-bond acceptors (Lipinski definition) is 14. The van der Waals surface area contributed by atoms with E-state index in [1.165, 1.54) is 59.8 Å². The fraction of sp³-hybridized carbons (Fsp3) is 0.512. The van der Waals surface area contributed by atoms with Crippen molar-refractivity contribution in [2.24, 2.45) is 23.7 Å². The van der Waals surface area contributed by atoms with Crippen molar-refractivity contribution in [3.63, 3.8) is 0 Å². The van der Waals surface area contributed by atoms with Gasteiger partial charge in [0.15, 0.2) is 0 Å². The summed E-state index contributed by atoms with van der Waals surface area (Å²) in [5.41, 5.74) is 2.12. The molecule has 14 nitrogen and oxygen atoms in total. The number of halogens is 10. The smallest absolute Gasteiger partial charge is 1.00 e. The summed E-state index contributed by atoms with van der Waals surface area (Å²) >= 11 is 7.20. The van der Waals surface area contributed by atoms with Crippen molar-refractivity contribution in [1.29, 1.82) is 0 Å². The molecular weight excluding hydrogens is 1900 g/mol. The molecule has 628 valence electrons. The van der Waals surface area contributed by atoms with E-state index in [1.54, 1.807) is 14.2 Å². The van der Waals surface area contributed by atoms with Crippen LogP contribution in [0.1, 0.15) is 153 Å². The molecule has 0 heterocycles. The van der Waals surface area contributed by atoms with Gasteiger partial charge in [-0.1, -0.05) is 127 Å². The monoisotopic (exact) mass is 2010 g/mol. The van der Waals surface area contributed by atoms with Crippen molar-refractivity contribution in [2.75, 3.05) is 28.4 Å². The summed E-state index contributed by atoms with van der Waals surface area (Å²) in [4.78, 5) is 0. The average molecular weight is 2010 g/mol. The molecule has 0 amide bonds. The molecule has 114 heavy (non-hydrogen) atoms. The van der Waals surface area contributed by atoms with Crippen LogP contribution >= 0.6 is 31.9 Å². The molecule has 8 rings (SSSR count). The van der Waals surface area contributed by atoms with Gasteiger partial charge in [-0.15, -0.1) is 0 Å². The van der Waals surface area contributed by atoms with Gasteiger partial charge in [-0.2, -0.15) is 43.2 Å². The van der Waals surface area contributed by atoms with Crippen molar-refractivity contribution in [3.8, 4) is 57.5 Å². The van der Waals surface area contributed by atoms with Crippen LogP contribution in [-0.2, 0) is 20.2 Å². The van der Waals surface area contributed by atoms with Crippen LogP contribution in [0, 0.1) is 23.7 Å². The summed E-state index contributed by atoms with van der Waals surface area (Å²) in [5, 5.41) is 0. The Morgan fingerprint density at radius 2 is 0.544 bits per heavy atom. The second-order valence-corrected chi connectivity index (χ2v) is 55.7. The van der Waals surface area contributed by atoms with Crippen LogP contribution in [0.25, 0.3) is 0 Å². The molecule has 0 spiro atoms. The van der Waals surface area contributed by atoms with E-state index in [9.17, 15) is 43.2 Å². The molecule has 0 aliphatic heterocycles. The summed E-state index contributed by atoms with van der Waals surface area (Å²) in [6, 6.07) is 13.0. The summed E-state index contributed by atoms with van der Waals surface area (Å²) in [5.74, 6) is 4.70. The molecule has 8 unspecified atom stereocenters. The summed E-state index contributed by atoms with van der Waals surface area (Å²) in [6.07, 6.45) is 17.0. The summed E-state index contributed by atoms with van der Waals surface area (Å²) in [7, 11) is -13.7. The fourth-order valence-electron chi connectivity index (χ4n) is 14.0. The SMILES string of the molecule is C=C(C)C1CCC(C)=CC1c1c(OC)cc(Br)cc1OC.C=C(C)C1CCC(C)=CC1c1c(OC)cc(OS(=O)(=O)C(F)(F)F)cc1OC.C=C(C)C1CCC(C)=CC1c1c(O[Si](C)(C)C)cc(Br)cc1O[Si](C)(C)C.C=C(C)C1CCC(C)=CC1c1c(O[Si](C)(C)C)cc(OS(=O)(=O)C(F)(F)F)cc1O[Si](C)(C)C.[Br-].[Br-].[K+].[K+]. The average Bonchev–Trinajstić information content (AvgIpc) is 0.779. The molecule has 4 aliphatic carbocycles. The zero-order valence-corrected chi connectivity index (χ0v) is 89.6. The van der Waals surface area contributed by atoms with Crippen molar-refractivity contribution < 1.29 is 225 Å². The maximum absolute atomic E-state index is 13.0. The van der Waals surface area contributed by atoms with Crippen LogP contribution in [0.4, 0.5) is 26.3 Å². The topological polar surface area (TPSA) is 161 Å². The number of methoxy groups -OCH3 is 4.